The van der Waals surface area contributed by atoms with Gasteiger partial charge in [0.15, 0.2) is 46.1 Å². The summed E-state index contributed by atoms with van der Waals surface area (Å²) in [5, 5.41) is 0. The summed E-state index contributed by atoms with van der Waals surface area (Å²) in [5.41, 5.74) is 3.07. The van der Waals surface area contributed by atoms with Crippen molar-refractivity contribution >= 4 is 35.1 Å². The summed E-state index contributed by atoms with van der Waals surface area (Å²) in [6.45, 7) is 21.2. The van der Waals surface area contributed by atoms with Crippen molar-refractivity contribution in [2.75, 3.05) is 14.2 Å². The lowest BCUT2D eigenvalue weighted by molar-refractivity contribution is -0.135. The zero-order valence-electron chi connectivity index (χ0n) is 60.6. The quantitative estimate of drug-likeness (QED) is 0.0279. The molecule has 2 atom stereocenters. The van der Waals surface area contributed by atoms with E-state index < -0.39 is 11.8 Å². The van der Waals surface area contributed by atoms with Gasteiger partial charge in [-0.1, -0.05) is 215 Å². The van der Waals surface area contributed by atoms with Crippen LogP contribution < -0.4 is 18.9 Å². The van der Waals surface area contributed by atoms with Crippen LogP contribution >= 0.6 is 0 Å². The standard InChI is InChI=1S/C43H60O6.C40H58O6/c1-7-9-10-11-12-13-14-15-16-17-18-19-20-21-22-23-38(46)49-34-25-24-31(26-35(34)47-6)39-40-32(44)27-42(3,4)29-36(40)48-37-30-43(5,8-2)28-33(45)41(37)39;1-7-8-9-10-11-12-13-14-15-16-17-18-19-20-35(43)46-31-22-21-28(23-32(31)44-6)36-37-29(41)24-39(2,3)26-33(37)45-34-27-40(4,5)25-30(42)38(34)36/h12-13,15-16,24-26,39H,7-11,14,17-23,27-30H2,1-6H3;21-23,36H,7-20,24-27H2,1-6H3/b13-12-,16-15-;. The van der Waals surface area contributed by atoms with Crippen LogP contribution in [0, 0.1) is 21.7 Å². The SMILES string of the molecule is CCCCC/C=C\C/C=C\CCCCCCCC(=O)Oc1ccc(C2C3=C(CC(C)(C)CC3=O)OC3=C2C(=O)CC(C)(CC)C3)cc1OC.CCCCCCCCCCCCCCCC(=O)Oc1ccc(C2C3=C(CC(C)(C)CC3=O)OC3=C2C(=O)CC(C)(C)C3)cc1OC. The van der Waals surface area contributed by atoms with Gasteiger partial charge in [0.2, 0.25) is 0 Å². The third kappa shape index (κ3) is 22.1. The van der Waals surface area contributed by atoms with Gasteiger partial charge in [0.05, 0.1) is 14.2 Å². The van der Waals surface area contributed by atoms with Crippen LogP contribution in [0.5, 0.6) is 23.0 Å². The number of rotatable bonds is 35. The zero-order chi connectivity index (χ0) is 68.8. The number of benzene rings is 2. The summed E-state index contributed by atoms with van der Waals surface area (Å²) in [4.78, 5) is 80.2. The molecule has 0 N–H and O–H groups in total. The third-order valence-corrected chi connectivity index (χ3v) is 20.2. The first-order valence-corrected chi connectivity index (χ1v) is 36.9. The number of ketones is 4. The molecular formula is C83H118O12. The monoisotopic (exact) mass is 1310 g/mol. The van der Waals surface area contributed by atoms with Crippen molar-refractivity contribution in [2.45, 2.75) is 306 Å². The van der Waals surface area contributed by atoms with Gasteiger partial charge in [-0.3, -0.25) is 28.8 Å². The van der Waals surface area contributed by atoms with E-state index in [2.05, 4.69) is 93.5 Å². The molecule has 0 spiro atoms. The highest BCUT2D eigenvalue weighted by molar-refractivity contribution is 6.07. The molecule has 95 heavy (non-hydrogen) atoms. The van der Waals surface area contributed by atoms with Gasteiger partial charge in [0.1, 0.15) is 23.0 Å². The minimum atomic E-state index is -0.525. The number of esters is 2. The largest absolute Gasteiger partial charge is 0.493 e. The van der Waals surface area contributed by atoms with Gasteiger partial charge in [-0.2, -0.15) is 0 Å². The second-order valence-electron chi connectivity index (χ2n) is 30.9. The van der Waals surface area contributed by atoms with E-state index in [1.54, 1.807) is 26.4 Å². The first-order valence-electron chi connectivity index (χ1n) is 36.9. The molecule has 0 bridgehead atoms. The minimum absolute atomic E-state index is 0.0197. The van der Waals surface area contributed by atoms with Crippen molar-refractivity contribution in [2.24, 2.45) is 21.7 Å². The molecule has 2 heterocycles. The molecule has 0 aromatic heterocycles. The average Bonchev–Trinajstić information content (AvgIpc) is 0.737. The molecule has 6 aliphatic rings. The Kier molecular flexibility index (Phi) is 29.1. The van der Waals surface area contributed by atoms with E-state index in [4.69, 9.17) is 28.4 Å². The van der Waals surface area contributed by atoms with Gasteiger partial charge in [-0.05, 0) is 108 Å². The summed E-state index contributed by atoms with van der Waals surface area (Å²) in [6.07, 6.45) is 43.6. The smallest absolute Gasteiger partial charge is 0.311 e. The lowest BCUT2D eigenvalue weighted by atomic mass is 9.65. The zero-order valence-corrected chi connectivity index (χ0v) is 60.6. The van der Waals surface area contributed by atoms with Crippen molar-refractivity contribution in [3.05, 3.63) is 117 Å². The fourth-order valence-electron chi connectivity index (χ4n) is 14.8. The molecule has 8 rings (SSSR count). The van der Waals surface area contributed by atoms with Crippen LogP contribution in [0.2, 0.25) is 0 Å². The van der Waals surface area contributed by atoms with Gasteiger partial charge >= 0.3 is 11.9 Å². The predicted molar refractivity (Wildman–Crippen MR) is 379 cm³/mol. The van der Waals surface area contributed by atoms with E-state index in [0.717, 1.165) is 75.3 Å². The Morgan fingerprint density at radius 3 is 1.11 bits per heavy atom. The number of methoxy groups -OCH3 is 2. The van der Waals surface area contributed by atoms with Gasteiger partial charge in [-0.15, -0.1) is 0 Å². The van der Waals surface area contributed by atoms with E-state index in [1.165, 1.54) is 96.3 Å². The Hall–Kier alpha value is -6.30. The molecule has 12 nitrogen and oxygen atoms in total. The summed E-state index contributed by atoms with van der Waals surface area (Å²) in [5.74, 6) is 2.76. The topological polar surface area (TPSA) is 158 Å². The molecule has 2 aliphatic heterocycles. The van der Waals surface area contributed by atoms with Gasteiger partial charge < -0.3 is 28.4 Å². The number of allylic oxidation sites excluding steroid dienone is 12. The molecule has 2 unspecified atom stereocenters. The Morgan fingerprint density at radius 1 is 0.411 bits per heavy atom. The molecule has 0 fully saturated rings. The maximum Gasteiger partial charge on any atom is 0.311 e. The number of carbonyl (C=O) groups is 6. The molecule has 0 amide bonds. The maximum atomic E-state index is 13.8. The second kappa shape index (κ2) is 36.3. The highest BCUT2D eigenvalue weighted by Gasteiger charge is 2.50. The summed E-state index contributed by atoms with van der Waals surface area (Å²) < 4.78 is 35.8. The van der Waals surface area contributed by atoms with E-state index in [1.807, 2.05) is 24.3 Å². The number of carbonyl (C=O) groups excluding carboxylic acids is 6. The predicted octanol–water partition coefficient (Wildman–Crippen LogP) is 21.7. The molecule has 0 radical (unpaired) electrons. The van der Waals surface area contributed by atoms with Crippen molar-refractivity contribution in [1.29, 1.82) is 0 Å². The normalized spacial score (nSPS) is 20.6. The highest BCUT2D eigenvalue weighted by Crippen LogP contribution is 2.56. The first-order chi connectivity index (χ1) is 45.4. The van der Waals surface area contributed by atoms with Crippen LogP contribution in [-0.2, 0) is 38.2 Å². The summed E-state index contributed by atoms with van der Waals surface area (Å²) in [6, 6.07) is 10.8. The van der Waals surface area contributed by atoms with Crippen molar-refractivity contribution in [3.8, 4) is 23.0 Å². The molecule has 2 aromatic carbocycles. The first kappa shape index (κ1) is 76.1. The molecule has 2 aromatic rings. The number of hydrogen-bond donors (Lipinski definition) is 0. The van der Waals surface area contributed by atoms with Crippen LogP contribution in [-0.4, -0.2) is 49.3 Å². The second-order valence-corrected chi connectivity index (χ2v) is 30.9. The maximum absolute atomic E-state index is 13.8. The number of Topliss-reactive ketones (excluding diaryl/α,β-unsaturated/α-hetero) is 4. The van der Waals surface area contributed by atoms with Crippen LogP contribution in [0.4, 0.5) is 0 Å². The molecule has 522 valence electrons. The van der Waals surface area contributed by atoms with E-state index in [-0.39, 0.29) is 56.7 Å². The molecule has 12 heteroatoms. The Morgan fingerprint density at radius 2 is 0.737 bits per heavy atom. The number of unbranched alkanes of at least 4 members (excludes halogenated alkanes) is 20. The lowest BCUT2D eigenvalue weighted by Crippen LogP contribution is -2.38. The number of hydrogen-bond acceptors (Lipinski definition) is 12. The van der Waals surface area contributed by atoms with Crippen LogP contribution in [0.3, 0.4) is 0 Å². The minimum Gasteiger partial charge on any atom is -0.493 e. The third-order valence-electron chi connectivity index (χ3n) is 20.2. The highest BCUT2D eigenvalue weighted by atomic mass is 16.6. The van der Waals surface area contributed by atoms with Gasteiger partial charge in [0.25, 0.3) is 0 Å². The average molecular weight is 1310 g/mol. The molecule has 4 aliphatic carbocycles. The van der Waals surface area contributed by atoms with Crippen molar-refractivity contribution in [1.82, 2.24) is 0 Å². The summed E-state index contributed by atoms with van der Waals surface area (Å²) >= 11 is 0. The Labute approximate surface area is 571 Å². The van der Waals surface area contributed by atoms with Gasteiger partial charge in [0, 0.05) is 98.3 Å². The van der Waals surface area contributed by atoms with Gasteiger partial charge in [-0.25, -0.2) is 0 Å². The fraction of sp³-hybridized carbons (Fsp3) is 0.639. The molecule has 0 saturated carbocycles. The van der Waals surface area contributed by atoms with E-state index in [0.29, 0.717) is 133 Å². The Balaban J connectivity index is 0.000000269. The molecular weight excluding hydrogens is 1190 g/mol. The van der Waals surface area contributed by atoms with Crippen LogP contribution in [0.25, 0.3) is 0 Å². The van der Waals surface area contributed by atoms with Crippen molar-refractivity contribution in [3.63, 3.8) is 0 Å². The molecule has 0 saturated heterocycles. The van der Waals surface area contributed by atoms with Crippen LogP contribution in [0.15, 0.2) is 106 Å². The van der Waals surface area contributed by atoms with E-state index >= 15 is 0 Å². The fourth-order valence-corrected chi connectivity index (χ4v) is 14.8. The summed E-state index contributed by atoms with van der Waals surface area (Å²) in [7, 11) is 3.09. The number of ether oxygens (including phenoxy) is 6. The van der Waals surface area contributed by atoms with E-state index in [9.17, 15) is 28.8 Å². The van der Waals surface area contributed by atoms with Crippen LogP contribution in [0.1, 0.15) is 317 Å². The lowest BCUT2D eigenvalue weighted by Gasteiger charge is -2.43. The van der Waals surface area contributed by atoms with Crippen molar-refractivity contribution < 1.29 is 57.2 Å². The Bertz CT molecular complexity index is 3140.